The number of aliphatic hydroxyl groups is 1. The van der Waals surface area contributed by atoms with Gasteiger partial charge in [-0.25, -0.2) is 4.98 Å². The number of aryl methyl sites for hydroxylation is 1. The van der Waals surface area contributed by atoms with Crippen LogP contribution in [0.3, 0.4) is 0 Å². The average Bonchev–Trinajstić information content (AvgIpc) is 2.77. The monoisotopic (exact) mass is 237 g/mol. The van der Waals surface area contributed by atoms with Crippen LogP contribution in [-0.4, -0.2) is 34.3 Å². The third-order valence-electron chi connectivity index (χ3n) is 3.28. The normalized spacial score (nSPS) is 18.1. The summed E-state index contributed by atoms with van der Waals surface area (Å²) in [5.41, 5.74) is 0.601. The van der Waals surface area contributed by atoms with Crippen molar-refractivity contribution in [3.63, 3.8) is 0 Å². The lowest BCUT2D eigenvalue weighted by molar-refractivity contribution is 0.213. The van der Waals surface area contributed by atoms with Crippen LogP contribution in [0.1, 0.15) is 31.4 Å². The van der Waals surface area contributed by atoms with E-state index in [-0.39, 0.29) is 12.1 Å². The zero-order valence-corrected chi connectivity index (χ0v) is 10.4. The van der Waals surface area contributed by atoms with Crippen LogP contribution >= 0.6 is 0 Å². The largest absolute Gasteiger partial charge is 0.481 e. The summed E-state index contributed by atoms with van der Waals surface area (Å²) in [4.78, 5) is 8.58. The van der Waals surface area contributed by atoms with Gasteiger partial charge in [0.05, 0.1) is 19.3 Å². The lowest BCUT2D eigenvalue weighted by Crippen LogP contribution is -2.39. The molecule has 94 valence electrons. The molecular formula is C12H19N3O2. The fourth-order valence-corrected chi connectivity index (χ4v) is 2.31. The lowest BCUT2D eigenvalue weighted by atomic mass is 9.99. The zero-order chi connectivity index (χ0) is 12.3. The van der Waals surface area contributed by atoms with E-state index in [4.69, 9.17) is 4.74 Å². The first-order chi connectivity index (χ1) is 8.17. The van der Waals surface area contributed by atoms with Crippen LogP contribution in [0.25, 0.3) is 0 Å². The van der Waals surface area contributed by atoms with Crippen LogP contribution in [0.5, 0.6) is 5.88 Å². The second kappa shape index (κ2) is 4.87. The highest BCUT2D eigenvalue weighted by Gasteiger charge is 2.33. The molecule has 17 heavy (non-hydrogen) atoms. The second-order valence-electron chi connectivity index (χ2n) is 4.65. The van der Waals surface area contributed by atoms with Gasteiger partial charge in [0.1, 0.15) is 0 Å². The van der Waals surface area contributed by atoms with Gasteiger partial charge in [-0.1, -0.05) is 12.8 Å². The Morgan fingerprint density at radius 2 is 2.12 bits per heavy atom. The molecule has 0 amide bonds. The Bertz CT molecular complexity index is 389. The van der Waals surface area contributed by atoms with Crippen molar-refractivity contribution in [2.45, 2.75) is 38.1 Å². The Hall–Kier alpha value is -1.36. The Morgan fingerprint density at radius 1 is 1.41 bits per heavy atom. The topological polar surface area (TPSA) is 67.3 Å². The highest BCUT2D eigenvalue weighted by molar-refractivity contribution is 5.34. The minimum absolute atomic E-state index is 0.118. The van der Waals surface area contributed by atoms with Crippen molar-refractivity contribution in [3.05, 3.63) is 11.8 Å². The van der Waals surface area contributed by atoms with Crippen LogP contribution < -0.4 is 10.1 Å². The first kappa shape index (κ1) is 12.1. The van der Waals surface area contributed by atoms with Gasteiger partial charge in [0, 0.05) is 11.8 Å². The van der Waals surface area contributed by atoms with Crippen molar-refractivity contribution < 1.29 is 9.84 Å². The molecule has 5 nitrogen and oxygen atoms in total. The molecule has 1 saturated carbocycles. The Balaban J connectivity index is 2.19. The molecule has 0 aliphatic heterocycles. The zero-order valence-electron chi connectivity index (χ0n) is 10.4. The third-order valence-corrected chi connectivity index (χ3v) is 3.28. The fourth-order valence-electron chi connectivity index (χ4n) is 2.31. The highest BCUT2D eigenvalue weighted by atomic mass is 16.5. The number of hydrogen-bond acceptors (Lipinski definition) is 5. The maximum absolute atomic E-state index is 9.52. The molecule has 5 heteroatoms. The summed E-state index contributed by atoms with van der Waals surface area (Å²) in [5, 5.41) is 12.8. The number of anilines is 1. The van der Waals surface area contributed by atoms with Gasteiger partial charge >= 0.3 is 0 Å². The SMILES string of the molecule is COc1cc(C)nc(NC2(CO)CCCC2)n1. The number of nitrogens with one attached hydrogen (secondary N) is 1. The molecule has 0 bridgehead atoms. The van der Waals surface area contributed by atoms with E-state index in [1.54, 1.807) is 13.2 Å². The van der Waals surface area contributed by atoms with Crippen molar-refractivity contribution >= 4 is 5.95 Å². The summed E-state index contributed by atoms with van der Waals surface area (Å²) in [6.07, 6.45) is 4.19. The minimum atomic E-state index is -0.251. The van der Waals surface area contributed by atoms with Gasteiger partial charge in [0.2, 0.25) is 11.8 Å². The third kappa shape index (κ3) is 2.66. The molecule has 1 aromatic heterocycles. The first-order valence-electron chi connectivity index (χ1n) is 5.96. The molecule has 0 atom stereocenters. The van der Waals surface area contributed by atoms with Crippen molar-refractivity contribution in [1.29, 1.82) is 0 Å². The summed E-state index contributed by atoms with van der Waals surface area (Å²) < 4.78 is 5.11. The van der Waals surface area contributed by atoms with Gasteiger partial charge in [-0.2, -0.15) is 4.98 Å². The summed E-state index contributed by atoms with van der Waals surface area (Å²) in [6, 6.07) is 1.78. The molecule has 1 heterocycles. The predicted octanol–water partition coefficient (Wildman–Crippen LogP) is 1.51. The predicted molar refractivity (Wildman–Crippen MR) is 65.2 cm³/mol. The van der Waals surface area contributed by atoms with E-state index in [1.165, 1.54) is 0 Å². The number of aromatic nitrogens is 2. The molecule has 1 aliphatic rings. The van der Waals surface area contributed by atoms with Crippen molar-refractivity contribution in [2.24, 2.45) is 0 Å². The van der Waals surface area contributed by atoms with Crippen molar-refractivity contribution in [1.82, 2.24) is 9.97 Å². The van der Waals surface area contributed by atoms with Gasteiger partial charge in [-0.05, 0) is 19.8 Å². The number of rotatable bonds is 4. The van der Waals surface area contributed by atoms with Gasteiger partial charge < -0.3 is 15.2 Å². The number of ether oxygens (including phenoxy) is 1. The van der Waals surface area contributed by atoms with E-state index < -0.39 is 0 Å². The molecular weight excluding hydrogens is 218 g/mol. The molecule has 1 fully saturated rings. The number of nitrogens with zero attached hydrogens (tertiary/aromatic N) is 2. The van der Waals surface area contributed by atoms with E-state index in [0.717, 1.165) is 31.4 Å². The van der Waals surface area contributed by atoms with E-state index in [9.17, 15) is 5.11 Å². The van der Waals surface area contributed by atoms with Crippen LogP contribution in [0.4, 0.5) is 5.95 Å². The summed E-state index contributed by atoms with van der Waals surface area (Å²) in [7, 11) is 1.59. The van der Waals surface area contributed by atoms with E-state index in [1.807, 2.05) is 6.92 Å². The molecule has 2 N–H and O–H groups in total. The van der Waals surface area contributed by atoms with Crippen molar-refractivity contribution in [3.8, 4) is 5.88 Å². The number of aliphatic hydroxyl groups excluding tert-OH is 1. The van der Waals surface area contributed by atoms with Crippen LogP contribution in [0.2, 0.25) is 0 Å². The molecule has 0 aromatic carbocycles. The molecule has 2 rings (SSSR count). The second-order valence-corrected chi connectivity index (χ2v) is 4.65. The maximum Gasteiger partial charge on any atom is 0.226 e. The van der Waals surface area contributed by atoms with Gasteiger partial charge in [-0.15, -0.1) is 0 Å². The lowest BCUT2D eigenvalue weighted by Gasteiger charge is -2.28. The van der Waals surface area contributed by atoms with E-state index >= 15 is 0 Å². The molecule has 0 spiro atoms. The average molecular weight is 237 g/mol. The summed E-state index contributed by atoms with van der Waals surface area (Å²) >= 11 is 0. The van der Waals surface area contributed by atoms with E-state index in [2.05, 4.69) is 15.3 Å². The number of hydrogen-bond donors (Lipinski definition) is 2. The maximum atomic E-state index is 9.52. The number of methoxy groups -OCH3 is 1. The standard InChI is InChI=1S/C12H19N3O2/c1-9-7-10(17-2)14-11(13-9)15-12(8-16)5-3-4-6-12/h7,16H,3-6,8H2,1-2H3,(H,13,14,15). The Labute approximate surface area is 101 Å². The Kier molecular flexibility index (Phi) is 3.47. The first-order valence-corrected chi connectivity index (χ1v) is 5.96. The minimum Gasteiger partial charge on any atom is -0.481 e. The van der Waals surface area contributed by atoms with Crippen LogP contribution in [0, 0.1) is 6.92 Å². The quantitative estimate of drug-likeness (QED) is 0.831. The molecule has 0 saturated heterocycles. The molecule has 0 unspecified atom stereocenters. The molecule has 1 aliphatic carbocycles. The van der Waals surface area contributed by atoms with Crippen molar-refractivity contribution in [2.75, 3.05) is 19.0 Å². The molecule has 1 aromatic rings. The summed E-state index contributed by atoms with van der Waals surface area (Å²) in [6.45, 7) is 2.02. The highest BCUT2D eigenvalue weighted by Crippen LogP contribution is 2.32. The fraction of sp³-hybridized carbons (Fsp3) is 0.667. The summed E-state index contributed by atoms with van der Waals surface area (Å²) in [5.74, 6) is 1.09. The van der Waals surface area contributed by atoms with Gasteiger partial charge in [0.15, 0.2) is 0 Å². The van der Waals surface area contributed by atoms with Gasteiger partial charge in [-0.3, -0.25) is 0 Å². The van der Waals surface area contributed by atoms with Crippen LogP contribution in [-0.2, 0) is 0 Å². The Morgan fingerprint density at radius 3 is 2.71 bits per heavy atom. The molecule has 0 radical (unpaired) electrons. The van der Waals surface area contributed by atoms with E-state index in [0.29, 0.717) is 11.8 Å². The smallest absolute Gasteiger partial charge is 0.226 e. The van der Waals surface area contributed by atoms with Gasteiger partial charge in [0.25, 0.3) is 0 Å². The van der Waals surface area contributed by atoms with Crippen LogP contribution in [0.15, 0.2) is 6.07 Å².